The molecule has 0 aliphatic rings. The van der Waals surface area contributed by atoms with E-state index in [9.17, 15) is 8.78 Å². The van der Waals surface area contributed by atoms with E-state index in [0.29, 0.717) is 10.8 Å². The lowest BCUT2D eigenvalue weighted by Crippen LogP contribution is -2.26. The van der Waals surface area contributed by atoms with Crippen LogP contribution in [0.25, 0.3) is 0 Å². The molecule has 0 amide bonds. The van der Waals surface area contributed by atoms with Crippen molar-refractivity contribution in [1.82, 2.24) is 4.37 Å². The van der Waals surface area contributed by atoms with E-state index in [0.717, 1.165) is 17.1 Å². The van der Waals surface area contributed by atoms with Gasteiger partial charge in [0.25, 0.3) is 6.43 Å². The molecule has 14 heavy (non-hydrogen) atoms. The summed E-state index contributed by atoms with van der Waals surface area (Å²) in [5.74, 6) is 0.379. The van der Waals surface area contributed by atoms with E-state index in [-0.39, 0.29) is 6.54 Å². The van der Waals surface area contributed by atoms with Crippen molar-refractivity contribution < 1.29 is 13.9 Å². The maximum Gasteiger partial charge on any atom is 0.265 e. The van der Waals surface area contributed by atoms with Gasteiger partial charge in [-0.2, -0.15) is 4.37 Å². The van der Waals surface area contributed by atoms with Crippen molar-refractivity contribution >= 4 is 22.4 Å². The molecule has 1 heterocycles. The number of hydrogen-bond acceptors (Lipinski definition) is 5. The standard InChI is InChI=1S/C7H11F2N3OS/c1-3-6(10)12-14-7(3)11-2-4(13)5(8)9/h4-5,11,13H,2H2,1H3,(H2,10,12). The van der Waals surface area contributed by atoms with Crippen molar-refractivity contribution in [2.24, 2.45) is 0 Å². The van der Waals surface area contributed by atoms with Gasteiger partial charge in [-0.25, -0.2) is 8.78 Å². The molecule has 1 unspecified atom stereocenters. The van der Waals surface area contributed by atoms with Crippen molar-refractivity contribution in [2.75, 3.05) is 17.6 Å². The number of aliphatic hydroxyl groups is 1. The van der Waals surface area contributed by atoms with Crippen LogP contribution in [0.1, 0.15) is 5.56 Å². The first-order chi connectivity index (χ1) is 6.52. The van der Waals surface area contributed by atoms with E-state index in [1.165, 1.54) is 0 Å². The highest BCUT2D eigenvalue weighted by Crippen LogP contribution is 2.25. The molecule has 0 saturated carbocycles. The summed E-state index contributed by atoms with van der Waals surface area (Å²) in [5.41, 5.74) is 6.17. The summed E-state index contributed by atoms with van der Waals surface area (Å²) in [6.07, 6.45) is -4.41. The molecule has 0 saturated heterocycles. The fourth-order valence-electron chi connectivity index (χ4n) is 0.799. The van der Waals surface area contributed by atoms with Gasteiger partial charge in [0.05, 0.1) is 0 Å². The second-order valence-corrected chi connectivity index (χ2v) is 3.58. The number of anilines is 2. The molecule has 0 bridgehead atoms. The Morgan fingerprint density at radius 1 is 1.64 bits per heavy atom. The number of alkyl halides is 2. The third-order valence-corrected chi connectivity index (χ3v) is 2.64. The van der Waals surface area contributed by atoms with Gasteiger partial charge in [-0.1, -0.05) is 0 Å². The molecule has 80 valence electrons. The first-order valence-corrected chi connectivity index (χ1v) is 4.71. The Labute approximate surface area is 83.9 Å². The number of aromatic nitrogens is 1. The van der Waals surface area contributed by atoms with Crippen LogP contribution >= 0.6 is 11.5 Å². The maximum absolute atomic E-state index is 11.9. The normalized spacial score (nSPS) is 13.2. The van der Waals surface area contributed by atoms with Crippen LogP contribution in [-0.4, -0.2) is 28.6 Å². The van der Waals surface area contributed by atoms with E-state index in [1.807, 2.05) is 0 Å². The van der Waals surface area contributed by atoms with E-state index in [1.54, 1.807) is 6.92 Å². The average molecular weight is 223 g/mol. The largest absolute Gasteiger partial charge is 0.385 e. The number of nitrogen functional groups attached to an aromatic ring is 1. The third-order valence-electron chi connectivity index (χ3n) is 1.72. The van der Waals surface area contributed by atoms with Gasteiger partial charge in [0.15, 0.2) is 0 Å². The van der Waals surface area contributed by atoms with Crippen LogP contribution in [0.3, 0.4) is 0 Å². The molecule has 0 radical (unpaired) electrons. The summed E-state index contributed by atoms with van der Waals surface area (Å²) in [7, 11) is 0. The topological polar surface area (TPSA) is 71.2 Å². The van der Waals surface area contributed by atoms with Gasteiger partial charge >= 0.3 is 0 Å². The SMILES string of the molecule is Cc1c(N)nsc1NCC(O)C(F)F. The van der Waals surface area contributed by atoms with Crippen molar-refractivity contribution in [1.29, 1.82) is 0 Å². The molecule has 1 aromatic rings. The Morgan fingerprint density at radius 2 is 2.29 bits per heavy atom. The number of nitrogens with two attached hydrogens (primary N) is 1. The molecule has 0 aliphatic heterocycles. The van der Waals surface area contributed by atoms with E-state index >= 15 is 0 Å². The Bertz CT molecular complexity index is 305. The first kappa shape index (κ1) is 11.1. The quantitative estimate of drug-likeness (QED) is 0.714. The molecule has 0 fully saturated rings. The zero-order valence-electron chi connectivity index (χ0n) is 7.50. The lowest BCUT2D eigenvalue weighted by molar-refractivity contribution is 0.00387. The van der Waals surface area contributed by atoms with Crippen LogP contribution in [0.4, 0.5) is 19.6 Å². The van der Waals surface area contributed by atoms with Gasteiger partial charge in [0.1, 0.15) is 16.9 Å². The van der Waals surface area contributed by atoms with Gasteiger partial charge in [0, 0.05) is 12.1 Å². The lowest BCUT2D eigenvalue weighted by atomic mass is 10.3. The van der Waals surface area contributed by atoms with Gasteiger partial charge in [-0.3, -0.25) is 0 Å². The monoisotopic (exact) mass is 223 g/mol. The molecule has 4 N–H and O–H groups in total. The second-order valence-electron chi connectivity index (χ2n) is 2.80. The number of hydrogen-bond donors (Lipinski definition) is 3. The van der Waals surface area contributed by atoms with Gasteiger partial charge in [-0.05, 0) is 18.5 Å². The van der Waals surface area contributed by atoms with Crippen molar-refractivity contribution in [2.45, 2.75) is 19.5 Å². The highest BCUT2D eigenvalue weighted by atomic mass is 32.1. The molecule has 1 rings (SSSR count). The van der Waals surface area contributed by atoms with Crippen LogP contribution in [0.15, 0.2) is 0 Å². The Balaban J connectivity index is 2.50. The molecular weight excluding hydrogens is 212 g/mol. The number of aliphatic hydroxyl groups excluding tert-OH is 1. The van der Waals surface area contributed by atoms with Gasteiger partial charge in [-0.15, -0.1) is 0 Å². The van der Waals surface area contributed by atoms with Crippen LogP contribution in [0.5, 0.6) is 0 Å². The molecule has 7 heteroatoms. The Morgan fingerprint density at radius 3 is 2.71 bits per heavy atom. The third kappa shape index (κ3) is 2.52. The van der Waals surface area contributed by atoms with E-state index < -0.39 is 12.5 Å². The molecule has 0 aliphatic carbocycles. The maximum atomic E-state index is 11.9. The first-order valence-electron chi connectivity index (χ1n) is 3.94. The summed E-state index contributed by atoms with van der Waals surface area (Å²) in [4.78, 5) is 0. The van der Waals surface area contributed by atoms with E-state index in [2.05, 4.69) is 9.69 Å². The Hall–Kier alpha value is -0.950. The minimum absolute atomic E-state index is 0.208. The van der Waals surface area contributed by atoms with Gasteiger partial charge < -0.3 is 16.2 Å². The van der Waals surface area contributed by atoms with Crippen molar-refractivity contribution in [3.05, 3.63) is 5.56 Å². The van der Waals surface area contributed by atoms with Crippen molar-refractivity contribution in [3.8, 4) is 0 Å². The second kappa shape index (κ2) is 4.52. The van der Waals surface area contributed by atoms with Gasteiger partial charge in [0.2, 0.25) is 0 Å². The van der Waals surface area contributed by atoms with Crippen LogP contribution in [0.2, 0.25) is 0 Å². The molecular formula is C7H11F2N3OS. The molecule has 0 spiro atoms. The predicted octanol–water partition coefficient (Wildman–Crippen LogP) is 1.07. The summed E-state index contributed by atoms with van der Waals surface area (Å²) in [5, 5.41) is 12.1. The zero-order valence-corrected chi connectivity index (χ0v) is 8.31. The zero-order chi connectivity index (χ0) is 10.7. The summed E-state index contributed by atoms with van der Waals surface area (Å²) < 4.78 is 27.6. The minimum atomic E-state index is -2.74. The summed E-state index contributed by atoms with van der Waals surface area (Å²) in [6.45, 7) is 1.52. The molecule has 4 nitrogen and oxygen atoms in total. The highest BCUT2D eigenvalue weighted by molar-refractivity contribution is 7.10. The average Bonchev–Trinajstić information content (AvgIpc) is 2.44. The number of halogens is 2. The molecule has 0 aromatic carbocycles. The Kier molecular flexibility index (Phi) is 3.59. The fourth-order valence-corrected chi connectivity index (χ4v) is 1.52. The molecule has 1 aromatic heterocycles. The highest BCUT2D eigenvalue weighted by Gasteiger charge is 2.17. The van der Waals surface area contributed by atoms with Crippen molar-refractivity contribution in [3.63, 3.8) is 0 Å². The van der Waals surface area contributed by atoms with Crippen LogP contribution in [0, 0.1) is 6.92 Å². The van der Waals surface area contributed by atoms with Crippen LogP contribution < -0.4 is 11.1 Å². The lowest BCUT2D eigenvalue weighted by Gasteiger charge is -2.10. The predicted molar refractivity (Wildman–Crippen MR) is 51.8 cm³/mol. The van der Waals surface area contributed by atoms with E-state index in [4.69, 9.17) is 10.8 Å². The smallest absolute Gasteiger partial charge is 0.265 e. The summed E-state index contributed by atoms with van der Waals surface area (Å²) >= 11 is 1.09. The number of nitrogens with zero attached hydrogens (tertiary/aromatic N) is 1. The number of rotatable bonds is 4. The summed E-state index contributed by atoms with van der Waals surface area (Å²) in [6, 6.07) is 0. The minimum Gasteiger partial charge on any atom is -0.385 e. The molecule has 1 atom stereocenters. The van der Waals surface area contributed by atoms with Crippen LogP contribution in [-0.2, 0) is 0 Å². The number of nitrogens with one attached hydrogen (secondary N) is 1. The fraction of sp³-hybridized carbons (Fsp3) is 0.571.